The highest BCUT2D eigenvalue weighted by molar-refractivity contribution is 5.93. The molecule has 1 aliphatic heterocycles. The SMILES string of the molecule is CC[C@H]1CCCC[NH+]1CC(=O)Nc1cc(OC)c(OC)cc1C#N. The number of hydrogen-bond acceptors (Lipinski definition) is 4. The summed E-state index contributed by atoms with van der Waals surface area (Å²) in [5.41, 5.74) is 0.825. The third kappa shape index (κ3) is 4.18. The summed E-state index contributed by atoms with van der Waals surface area (Å²) in [6.45, 7) is 3.64. The van der Waals surface area contributed by atoms with Crippen molar-refractivity contribution >= 4 is 11.6 Å². The van der Waals surface area contributed by atoms with Gasteiger partial charge in [-0.05, 0) is 25.7 Å². The van der Waals surface area contributed by atoms with Gasteiger partial charge in [-0.15, -0.1) is 0 Å². The molecule has 1 heterocycles. The summed E-state index contributed by atoms with van der Waals surface area (Å²) in [5.74, 6) is 0.886. The summed E-state index contributed by atoms with van der Waals surface area (Å²) in [5, 5.41) is 12.2. The van der Waals surface area contributed by atoms with E-state index in [1.165, 1.54) is 38.4 Å². The van der Waals surface area contributed by atoms with E-state index in [1.54, 1.807) is 12.1 Å². The van der Waals surface area contributed by atoms with Crippen LogP contribution < -0.4 is 19.7 Å². The van der Waals surface area contributed by atoms with Gasteiger partial charge in [0.05, 0.1) is 38.1 Å². The van der Waals surface area contributed by atoms with Gasteiger partial charge in [0.15, 0.2) is 18.0 Å². The zero-order valence-electron chi connectivity index (χ0n) is 14.6. The van der Waals surface area contributed by atoms with Crippen molar-refractivity contribution in [2.45, 2.75) is 38.6 Å². The lowest BCUT2D eigenvalue weighted by atomic mass is 10.00. The number of anilines is 1. The molecular weight excluding hydrogens is 306 g/mol. The largest absolute Gasteiger partial charge is 0.493 e. The smallest absolute Gasteiger partial charge is 0.279 e. The van der Waals surface area contributed by atoms with Crippen LogP contribution in [0.2, 0.25) is 0 Å². The Bertz CT molecular complexity index is 625. The fourth-order valence-electron chi connectivity index (χ4n) is 3.35. The van der Waals surface area contributed by atoms with E-state index in [1.807, 2.05) is 0 Å². The first-order valence-corrected chi connectivity index (χ1v) is 8.43. The van der Waals surface area contributed by atoms with Crippen molar-refractivity contribution in [3.8, 4) is 17.6 Å². The average molecular weight is 332 g/mol. The van der Waals surface area contributed by atoms with Crippen LogP contribution in [0.3, 0.4) is 0 Å². The predicted molar refractivity (Wildman–Crippen MR) is 91.5 cm³/mol. The van der Waals surface area contributed by atoms with Crippen molar-refractivity contribution in [1.29, 1.82) is 5.26 Å². The minimum Gasteiger partial charge on any atom is -0.493 e. The normalized spacial score (nSPS) is 20.1. The lowest BCUT2D eigenvalue weighted by Gasteiger charge is -2.31. The van der Waals surface area contributed by atoms with Gasteiger partial charge in [-0.3, -0.25) is 4.79 Å². The van der Waals surface area contributed by atoms with Crippen LogP contribution in [0.25, 0.3) is 0 Å². The number of nitrogens with zero attached hydrogens (tertiary/aromatic N) is 1. The van der Waals surface area contributed by atoms with Gasteiger partial charge in [0.1, 0.15) is 6.07 Å². The molecule has 0 spiro atoms. The Morgan fingerprint density at radius 3 is 2.67 bits per heavy atom. The van der Waals surface area contributed by atoms with E-state index in [4.69, 9.17) is 9.47 Å². The van der Waals surface area contributed by atoms with E-state index in [0.29, 0.717) is 35.3 Å². The predicted octanol–water partition coefficient (Wildman–Crippen LogP) is 1.36. The molecule has 1 amide bonds. The first-order valence-electron chi connectivity index (χ1n) is 8.43. The van der Waals surface area contributed by atoms with Gasteiger partial charge in [-0.2, -0.15) is 5.26 Å². The number of rotatable bonds is 6. The van der Waals surface area contributed by atoms with E-state index >= 15 is 0 Å². The third-order valence-electron chi connectivity index (χ3n) is 4.68. The van der Waals surface area contributed by atoms with E-state index in [9.17, 15) is 10.1 Å². The second kappa shape index (κ2) is 8.55. The highest BCUT2D eigenvalue weighted by Gasteiger charge is 2.26. The van der Waals surface area contributed by atoms with E-state index < -0.39 is 0 Å². The third-order valence-corrected chi connectivity index (χ3v) is 4.68. The molecule has 1 unspecified atom stereocenters. The Hall–Kier alpha value is -2.26. The maximum absolute atomic E-state index is 12.5. The van der Waals surface area contributed by atoms with Crippen LogP contribution in [0.5, 0.6) is 11.5 Å². The number of hydrogen-bond donors (Lipinski definition) is 2. The van der Waals surface area contributed by atoms with Crippen molar-refractivity contribution in [1.82, 2.24) is 0 Å². The highest BCUT2D eigenvalue weighted by atomic mass is 16.5. The minimum atomic E-state index is -0.0749. The van der Waals surface area contributed by atoms with Crippen LogP contribution in [-0.4, -0.2) is 39.3 Å². The van der Waals surface area contributed by atoms with Gasteiger partial charge in [0.2, 0.25) is 0 Å². The zero-order chi connectivity index (χ0) is 17.5. The van der Waals surface area contributed by atoms with Gasteiger partial charge in [-0.1, -0.05) is 6.92 Å². The van der Waals surface area contributed by atoms with Crippen LogP contribution in [0, 0.1) is 11.3 Å². The maximum Gasteiger partial charge on any atom is 0.279 e. The number of likely N-dealkylation sites (tertiary alicyclic amines) is 1. The summed E-state index contributed by atoms with van der Waals surface area (Å²) in [7, 11) is 3.04. The molecule has 1 aliphatic rings. The first-order chi connectivity index (χ1) is 11.6. The fourth-order valence-corrected chi connectivity index (χ4v) is 3.35. The van der Waals surface area contributed by atoms with Crippen molar-refractivity contribution in [2.24, 2.45) is 0 Å². The Labute approximate surface area is 143 Å². The van der Waals surface area contributed by atoms with Crippen molar-refractivity contribution in [3.63, 3.8) is 0 Å². The molecule has 1 aromatic rings. The second-order valence-corrected chi connectivity index (χ2v) is 6.10. The fraction of sp³-hybridized carbons (Fsp3) is 0.556. The van der Waals surface area contributed by atoms with Crippen LogP contribution in [-0.2, 0) is 4.79 Å². The molecule has 6 heteroatoms. The average Bonchev–Trinajstić information content (AvgIpc) is 2.61. The lowest BCUT2D eigenvalue weighted by Crippen LogP contribution is -3.17. The topological polar surface area (TPSA) is 75.8 Å². The number of carbonyl (C=O) groups is 1. The van der Waals surface area contributed by atoms with Gasteiger partial charge >= 0.3 is 0 Å². The van der Waals surface area contributed by atoms with E-state index in [2.05, 4.69) is 18.3 Å². The molecule has 1 aromatic carbocycles. The minimum absolute atomic E-state index is 0.0749. The number of carbonyl (C=O) groups excluding carboxylic acids is 1. The Kier molecular flexibility index (Phi) is 6.44. The molecule has 2 N–H and O–H groups in total. The molecule has 0 aliphatic carbocycles. The molecule has 0 bridgehead atoms. The summed E-state index contributed by atoms with van der Waals surface area (Å²) in [4.78, 5) is 13.8. The molecule has 24 heavy (non-hydrogen) atoms. The summed E-state index contributed by atoms with van der Waals surface area (Å²) in [6.07, 6.45) is 4.68. The Balaban J connectivity index is 2.12. The molecule has 2 atom stereocenters. The monoisotopic (exact) mass is 332 g/mol. The lowest BCUT2D eigenvalue weighted by molar-refractivity contribution is -0.923. The van der Waals surface area contributed by atoms with Crippen LogP contribution in [0.1, 0.15) is 38.2 Å². The zero-order valence-corrected chi connectivity index (χ0v) is 14.6. The van der Waals surface area contributed by atoms with Crippen molar-refractivity contribution in [3.05, 3.63) is 17.7 Å². The molecule has 0 saturated carbocycles. The number of nitriles is 1. The number of piperidine rings is 1. The number of ether oxygens (including phenoxy) is 2. The number of benzene rings is 1. The van der Waals surface area contributed by atoms with Crippen LogP contribution in [0.15, 0.2) is 12.1 Å². The van der Waals surface area contributed by atoms with Gasteiger partial charge in [0.25, 0.3) is 5.91 Å². The summed E-state index contributed by atoms with van der Waals surface area (Å²) in [6, 6.07) is 5.86. The molecule has 130 valence electrons. The van der Waals surface area contributed by atoms with Gasteiger partial charge in [-0.25, -0.2) is 0 Å². The van der Waals surface area contributed by atoms with E-state index in [0.717, 1.165) is 13.0 Å². The molecule has 0 aromatic heterocycles. The Morgan fingerprint density at radius 2 is 2.04 bits per heavy atom. The molecule has 1 saturated heterocycles. The number of methoxy groups -OCH3 is 2. The summed E-state index contributed by atoms with van der Waals surface area (Å²) >= 11 is 0. The van der Waals surface area contributed by atoms with Gasteiger partial charge in [0, 0.05) is 12.1 Å². The second-order valence-electron chi connectivity index (χ2n) is 6.10. The first kappa shape index (κ1) is 18.1. The molecular formula is C18H26N3O3+. The Morgan fingerprint density at radius 1 is 1.33 bits per heavy atom. The number of quaternary nitrogens is 1. The van der Waals surface area contributed by atoms with Crippen molar-refractivity contribution in [2.75, 3.05) is 32.6 Å². The van der Waals surface area contributed by atoms with Crippen LogP contribution >= 0.6 is 0 Å². The molecule has 6 nitrogen and oxygen atoms in total. The number of nitrogens with one attached hydrogen (secondary N) is 2. The standard InChI is InChI=1S/C18H25N3O3/c1-4-14-7-5-6-8-21(14)12-18(22)20-15-10-17(24-3)16(23-2)9-13(15)11-19/h9-10,14H,4-8,12H2,1-3H3,(H,20,22)/p+1/t14-/m0/s1. The molecule has 2 rings (SSSR count). The summed E-state index contributed by atoms with van der Waals surface area (Å²) < 4.78 is 10.4. The van der Waals surface area contributed by atoms with Crippen LogP contribution in [0.4, 0.5) is 5.69 Å². The maximum atomic E-state index is 12.5. The quantitative estimate of drug-likeness (QED) is 0.825. The molecule has 1 fully saturated rings. The molecule has 0 radical (unpaired) electrons. The van der Waals surface area contributed by atoms with Crippen molar-refractivity contribution < 1.29 is 19.2 Å². The van der Waals surface area contributed by atoms with Gasteiger partial charge < -0.3 is 19.7 Å². The highest BCUT2D eigenvalue weighted by Crippen LogP contribution is 2.32. The number of amides is 1. The van der Waals surface area contributed by atoms with E-state index in [-0.39, 0.29) is 5.91 Å².